The summed E-state index contributed by atoms with van der Waals surface area (Å²) in [6, 6.07) is 3.83. The number of nitrogens with zero attached hydrogens (tertiary/aromatic N) is 3. The van der Waals surface area contributed by atoms with Crippen molar-refractivity contribution in [2.45, 2.75) is 38.8 Å². The number of carbonyl (C=O) groups is 2. The van der Waals surface area contributed by atoms with Crippen molar-refractivity contribution in [3.05, 3.63) is 46.2 Å². The van der Waals surface area contributed by atoms with Crippen LogP contribution in [0.4, 0.5) is 0 Å². The van der Waals surface area contributed by atoms with E-state index in [1.54, 1.807) is 28.6 Å². The molecular weight excluding hydrogens is 324 g/mol. The number of nitrogens with one attached hydrogen (secondary N) is 1. The van der Waals surface area contributed by atoms with E-state index in [9.17, 15) is 9.59 Å². The summed E-state index contributed by atoms with van der Waals surface area (Å²) in [5.74, 6) is 0.0877. The van der Waals surface area contributed by atoms with Crippen LogP contribution in [0.25, 0.3) is 0 Å². The molecule has 1 saturated heterocycles. The first-order valence-electron chi connectivity index (χ1n) is 7.97. The number of rotatable bonds is 6. The number of aromatic nitrogens is 2. The number of amides is 2. The molecule has 0 aliphatic carbocycles. The maximum absolute atomic E-state index is 12.8. The van der Waals surface area contributed by atoms with E-state index in [4.69, 9.17) is 0 Å². The number of aryl methyl sites for hydroxylation is 1. The van der Waals surface area contributed by atoms with Gasteiger partial charge >= 0.3 is 0 Å². The number of carbonyl (C=O) groups excluding carboxylic acids is 2. The van der Waals surface area contributed by atoms with Gasteiger partial charge in [-0.1, -0.05) is 0 Å². The van der Waals surface area contributed by atoms with Gasteiger partial charge in [-0.25, -0.2) is 4.98 Å². The van der Waals surface area contributed by atoms with Crippen molar-refractivity contribution in [1.29, 1.82) is 0 Å². The summed E-state index contributed by atoms with van der Waals surface area (Å²) < 4.78 is 0. The molecule has 2 aromatic heterocycles. The molecule has 2 amide bonds. The average Bonchev–Trinajstić information content (AvgIpc) is 3.16. The maximum atomic E-state index is 12.8. The molecule has 0 bridgehead atoms. The summed E-state index contributed by atoms with van der Waals surface area (Å²) >= 11 is 1.55. The first-order chi connectivity index (χ1) is 11.6. The second kappa shape index (κ2) is 7.53. The van der Waals surface area contributed by atoms with Crippen molar-refractivity contribution in [1.82, 2.24) is 20.2 Å². The molecule has 7 heteroatoms. The van der Waals surface area contributed by atoms with Gasteiger partial charge in [-0.05, 0) is 31.0 Å². The smallest absolute Gasteiger partial charge is 0.228 e. The zero-order chi connectivity index (χ0) is 16.9. The zero-order valence-corrected chi connectivity index (χ0v) is 14.4. The maximum Gasteiger partial charge on any atom is 0.228 e. The molecule has 0 spiro atoms. The third-order valence-corrected chi connectivity index (χ3v) is 4.82. The van der Waals surface area contributed by atoms with Gasteiger partial charge in [0.2, 0.25) is 11.8 Å². The largest absolute Gasteiger partial charge is 0.352 e. The molecule has 6 nitrogen and oxygen atoms in total. The summed E-state index contributed by atoms with van der Waals surface area (Å²) in [5.41, 5.74) is 1.83. The van der Waals surface area contributed by atoms with Gasteiger partial charge in [-0.2, -0.15) is 0 Å². The van der Waals surface area contributed by atoms with Gasteiger partial charge in [0.1, 0.15) is 0 Å². The Labute approximate surface area is 144 Å². The Morgan fingerprint density at radius 3 is 2.83 bits per heavy atom. The second-order valence-corrected chi connectivity index (χ2v) is 7.03. The highest BCUT2D eigenvalue weighted by Crippen LogP contribution is 2.14. The van der Waals surface area contributed by atoms with Crippen LogP contribution >= 0.6 is 11.3 Å². The number of thiazole rings is 1. The average molecular weight is 344 g/mol. The Hall–Kier alpha value is -2.28. The highest BCUT2D eigenvalue weighted by molar-refractivity contribution is 7.09. The summed E-state index contributed by atoms with van der Waals surface area (Å²) in [6.45, 7) is 2.97. The Balaban J connectivity index is 1.70. The zero-order valence-electron chi connectivity index (χ0n) is 13.6. The number of hydrogen-bond donors (Lipinski definition) is 1. The Morgan fingerprint density at radius 1 is 1.42 bits per heavy atom. The lowest BCUT2D eigenvalue weighted by molar-refractivity contribution is -0.131. The third kappa shape index (κ3) is 4.38. The molecule has 3 heterocycles. The minimum atomic E-state index is 0.0262. The van der Waals surface area contributed by atoms with Gasteiger partial charge in [0, 0.05) is 43.3 Å². The molecule has 1 aliphatic rings. The van der Waals surface area contributed by atoms with Crippen LogP contribution in [-0.4, -0.2) is 39.3 Å². The summed E-state index contributed by atoms with van der Waals surface area (Å²) in [5, 5.41) is 5.82. The van der Waals surface area contributed by atoms with Crippen LogP contribution in [-0.2, 0) is 22.6 Å². The lowest BCUT2D eigenvalue weighted by Crippen LogP contribution is -2.42. The van der Waals surface area contributed by atoms with Gasteiger partial charge in [0.05, 0.1) is 17.1 Å². The van der Waals surface area contributed by atoms with Crippen LogP contribution in [0.2, 0.25) is 0 Å². The molecule has 1 N–H and O–H groups in total. The first-order valence-corrected chi connectivity index (χ1v) is 8.85. The fourth-order valence-electron chi connectivity index (χ4n) is 2.80. The van der Waals surface area contributed by atoms with E-state index in [-0.39, 0.29) is 24.3 Å². The van der Waals surface area contributed by atoms with Gasteiger partial charge in [-0.15, -0.1) is 11.3 Å². The van der Waals surface area contributed by atoms with Gasteiger partial charge in [0.15, 0.2) is 0 Å². The standard InChI is InChI=1S/C17H20N4O2S/c1-12-19-15(11-24-12)8-17(23)21(9-13-4-6-18-7-5-13)10-14-2-3-16(22)20-14/h4-7,11,14H,2-3,8-10H2,1H3,(H,20,22)/t14-/m0/s1. The summed E-state index contributed by atoms with van der Waals surface area (Å²) in [6.07, 6.45) is 5.04. The predicted molar refractivity (Wildman–Crippen MR) is 91.4 cm³/mol. The van der Waals surface area contributed by atoms with Crippen LogP contribution in [0.1, 0.15) is 29.1 Å². The van der Waals surface area contributed by atoms with E-state index in [0.29, 0.717) is 19.5 Å². The van der Waals surface area contributed by atoms with Crippen molar-refractivity contribution < 1.29 is 9.59 Å². The molecule has 0 saturated carbocycles. The fourth-order valence-corrected chi connectivity index (χ4v) is 3.41. The Morgan fingerprint density at radius 2 is 2.21 bits per heavy atom. The van der Waals surface area contributed by atoms with Gasteiger partial charge < -0.3 is 10.2 Å². The molecule has 1 fully saturated rings. The SMILES string of the molecule is Cc1nc(CC(=O)N(Cc2ccncc2)C[C@@H]2CCC(=O)N2)cs1. The van der Waals surface area contributed by atoms with Crippen molar-refractivity contribution in [3.63, 3.8) is 0 Å². The number of pyridine rings is 1. The van der Waals surface area contributed by atoms with E-state index in [2.05, 4.69) is 15.3 Å². The molecule has 3 rings (SSSR count). The molecule has 24 heavy (non-hydrogen) atoms. The second-order valence-electron chi connectivity index (χ2n) is 5.97. The molecule has 2 aromatic rings. The predicted octanol–water partition coefficient (Wildman–Crippen LogP) is 1.70. The first kappa shape index (κ1) is 16.6. The van der Waals surface area contributed by atoms with Crippen molar-refractivity contribution in [2.75, 3.05) is 6.54 Å². The topological polar surface area (TPSA) is 75.2 Å². The lowest BCUT2D eigenvalue weighted by Gasteiger charge is -2.25. The molecule has 0 unspecified atom stereocenters. The van der Waals surface area contributed by atoms with Crippen LogP contribution in [0.3, 0.4) is 0 Å². The molecular formula is C17H20N4O2S. The van der Waals surface area contributed by atoms with Gasteiger partial charge in [0.25, 0.3) is 0 Å². The number of hydrogen-bond acceptors (Lipinski definition) is 5. The van der Waals surface area contributed by atoms with Crippen molar-refractivity contribution >= 4 is 23.2 Å². The van der Waals surface area contributed by atoms with Gasteiger partial charge in [-0.3, -0.25) is 14.6 Å². The minimum absolute atomic E-state index is 0.0262. The lowest BCUT2D eigenvalue weighted by atomic mass is 10.1. The highest BCUT2D eigenvalue weighted by atomic mass is 32.1. The van der Waals surface area contributed by atoms with Crippen LogP contribution in [0.15, 0.2) is 29.9 Å². The van der Waals surface area contributed by atoms with Crippen molar-refractivity contribution in [3.8, 4) is 0 Å². The Bertz CT molecular complexity index is 716. The molecule has 1 atom stereocenters. The van der Waals surface area contributed by atoms with Crippen LogP contribution in [0.5, 0.6) is 0 Å². The fraction of sp³-hybridized carbons (Fsp3) is 0.412. The van der Waals surface area contributed by atoms with E-state index >= 15 is 0 Å². The minimum Gasteiger partial charge on any atom is -0.352 e. The normalized spacial score (nSPS) is 16.9. The van der Waals surface area contributed by atoms with E-state index in [1.165, 1.54) is 0 Å². The third-order valence-electron chi connectivity index (χ3n) is 4.00. The molecule has 0 aromatic carbocycles. The van der Waals surface area contributed by atoms with E-state index in [1.807, 2.05) is 24.4 Å². The van der Waals surface area contributed by atoms with Crippen LogP contribution < -0.4 is 5.32 Å². The monoisotopic (exact) mass is 344 g/mol. The Kier molecular flexibility index (Phi) is 5.20. The molecule has 0 radical (unpaired) electrons. The van der Waals surface area contributed by atoms with Crippen LogP contribution in [0, 0.1) is 6.92 Å². The van der Waals surface area contributed by atoms with E-state index < -0.39 is 0 Å². The van der Waals surface area contributed by atoms with E-state index in [0.717, 1.165) is 22.7 Å². The highest BCUT2D eigenvalue weighted by Gasteiger charge is 2.25. The summed E-state index contributed by atoms with van der Waals surface area (Å²) in [4.78, 5) is 34.4. The molecule has 126 valence electrons. The van der Waals surface area contributed by atoms with Crippen molar-refractivity contribution in [2.24, 2.45) is 0 Å². The summed E-state index contributed by atoms with van der Waals surface area (Å²) in [7, 11) is 0. The quantitative estimate of drug-likeness (QED) is 0.865. The molecule has 1 aliphatic heterocycles.